The number of anilines is 3. The number of aromatic nitrogens is 3. The van der Waals surface area contributed by atoms with Crippen LogP contribution in [0.3, 0.4) is 0 Å². The second-order valence-electron chi connectivity index (χ2n) is 9.74. The molecule has 0 unspecified atom stereocenters. The smallest absolute Gasteiger partial charge is 0.274 e. The second-order valence-corrected chi connectivity index (χ2v) is 10.8. The topological polar surface area (TPSA) is 167 Å². The number of thiazole rings is 1. The number of para-hydroxylation sites is 1. The maximum absolute atomic E-state index is 12.8. The van der Waals surface area contributed by atoms with Crippen LogP contribution in [0.1, 0.15) is 38.6 Å². The molecule has 15 heteroatoms. The monoisotopic (exact) mass is 593 g/mol. The quantitative estimate of drug-likeness (QED) is 0.130. The summed E-state index contributed by atoms with van der Waals surface area (Å²) in [6.45, 7) is 0.375. The summed E-state index contributed by atoms with van der Waals surface area (Å²) in [4.78, 5) is 42.8. The van der Waals surface area contributed by atoms with Gasteiger partial charge in [-0.15, -0.1) is 21.5 Å². The van der Waals surface area contributed by atoms with Gasteiger partial charge in [0.2, 0.25) is 5.91 Å². The number of ether oxygens (including phenoxy) is 1. The molecule has 0 bridgehead atoms. The summed E-state index contributed by atoms with van der Waals surface area (Å²) in [5.41, 5.74) is -0.716. The first-order valence-electron chi connectivity index (χ1n) is 13.1. The Balaban J connectivity index is 1.41. The van der Waals surface area contributed by atoms with Crippen LogP contribution in [0.5, 0.6) is 5.75 Å². The highest BCUT2D eigenvalue weighted by Crippen LogP contribution is 2.40. The molecule has 5 rings (SSSR count). The number of amides is 3. The van der Waals surface area contributed by atoms with Crippen LogP contribution >= 0.6 is 11.3 Å². The van der Waals surface area contributed by atoms with E-state index >= 15 is 0 Å². The summed E-state index contributed by atoms with van der Waals surface area (Å²) in [6, 6.07) is 16.2. The maximum atomic E-state index is 12.8. The fraction of sp³-hybridized carbons (Fsp3) is 0.214. The van der Waals surface area contributed by atoms with Crippen molar-refractivity contribution >= 4 is 61.9 Å². The van der Waals surface area contributed by atoms with E-state index in [4.69, 9.17) is 20.4 Å². The summed E-state index contributed by atoms with van der Waals surface area (Å²) >= 11 is 1.19. The molecule has 2 aromatic carbocycles. The lowest BCUT2D eigenvalue weighted by molar-refractivity contribution is -0.117. The molecule has 0 aliphatic heterocycles. The average molecular weight is 593 g/mol. The molecule has 4 aromatic rings. The van der Waals surface area contributed by atoms with E-state index < -0.39 is 11.4 Å². The highest BCUT2D eigenvalue weighted by atomic mass is 32.1. The number of carbonyl (C=O) groups is 3. The van der Waals surface area contributed by atoms with Crippen LogP contribution in [0, 0.1) is 5.92 Å². The van der Waals surface area contributed by atoms with Gasteiger partial charge in [-0.2, -0.15) is 0 Å². The Morgan fingerprint density at radius 2 is 1.81 bits per heavy atom. The fourth-order valence-corrected chi connectivity index (χ4v) is 4.92. The predicted octanol–water partition coefficient (Wildman–Crippen LogP) is 2.30. The van der Waals surface area contributed by atoms with Gasteiger partial charge in [-0.3, -0.25) is 14.4 Å². The molecule has 12 nitrogen and oxygen atoms in total. The minimum Gasteiger partial charge on any atom is -0.494 e. The summed E-state index contributed by atoms with van der Waals surface area (Å²) < 4.78 is 5.71. The Bertz CT molecular complexity index is 1660. The van der Waals surface area contributed by atoms with E-state index in [-0.39, 0.29) is 34.9 Å². The standard InChI is InChI=1S/C28H25B2N7O5S/c1-42-23-17(27-32-14-20(43-27)25(39)31-13-15-6-3-2-4-7-15)8-5-9-18(23)33-19-12-21(34-24(38)16-10-11-16)36-37-22(19)26(40)35-28(29,30)41/h2-9,12,14,16,41H,10-11,13H2,1H3,(H,31,39)(H,35,40)(H2,33,34,36,38). The van der Waals surface area contributed by atoms with E-state index in [0.29, 0.717) is 33.4 Å². The average Bonchev–Trinajstić information content (AvgIpc) is 3.72. The largest absolute Gasteiger partial charge is 0.494 e. The number of rotatable bonds is 11. The van der Waals surface area contributed by atoms with E-state index in [1.54, 1.807) is 18.2 Å². The van der Waals surface area contributed by atoms with Gasteiger partial charge in [-0.05, 0) is 30.5 Å². The molecule has 43 heavy (non-hydrogen) atoms. The Hall–Kier alpha value is -4.75. The van der Waals surface area contributed by atoms with Gasteiger partial charge < -0.3 is 31.1 Å². The van der Waals surface area contributed by atoms with Crippen molar-refractivity contribution in [3.8, 4) is 16.3 Å². The number of hydrogen-bond acceptors (Lipinski definition) is 10. The van der Waals surface area contributed by atoms with Crippen LogP contribution in [0.25, 0.3) is 10.6 Å². The fourth-order valence-electron chi connectivity index (χ4n) is 4.07. The molecular formula is C28H25B2N7O5S. The van der Waals surface area contributed by atoms with E-state index in [1.165, 1.54) is 30.7 Å². The van der Waals surface area contributed by atoms with Crippen molar-refractivity contribution < 1.29 is 24.2 Å². The first-order chi connectivity index (χ1) is 20.6. The van der Waals surface area contributed by atoms with Crippen molar-refractivity contribution in [3.63, 3.8) is 0 Å². The molecule has 4 radical (unpaired) electrons. The number of hydrogen-bond donors (Lipinski definition) is 5. The van der Waals surface area contributed by atoms with Crippen molar-refractivity contribution in [2.75, 3.05) is 17.7 Å². The van der Waals surface area contributed by atoms with Crippen molar-refractivity contribution in [3.05, 3.63) is 76.9 Å². The second kappa shape index (κ2) is 12.6. The summed E-state index contributed by atoms with van der Waals surface area (Å²) in [6.07, 6.45) is 3.06. The Morgan fingerprint density at radius 1 is 1.05 bits per heavy atom. The number of nitrogens with one attached hydrogen (secondary N) is 4. The van der Waals surface area contributed by atoms with Gasteiger partial charge in [0.25, 0.3) is 11.8 Å². The van der Waals surface area contributed by atoms with Crippen LogP contribution in [-0.2, 0) is 11.3 Å². The molecule has 5 N–H and O–H groups in total. The lowest BCUT2D eigenvalue weighted by Gasteiger charge is -2.21. The first kappa shape index (κ1) is 29.7. The molecule has 3 amide bonds. The Morgan fingerprint density at radius 3 is 2.51 bits per heavy atom. The highest BCUT2D eigenvalue weighted by Gasteiger charge is 2.30. The Kier molecular flexibility index (Phi) is 8.73. The van der Waals surface area contributed by atoms with Crippen LogP contribution < -0.4 is 26.0 Å². The number of nitrogens with zero attached hydrogens (tertiary/aromatic N) is 3. The molecule has 1 fully saturated rings. The van der Waals surface area contributed by atoms with Gasteiger partial charge in [0.1, 0.15) is 25.6 Å². The zero-order chi connectivity index (χ0) is 30.6. The minimum absolute atomic E-state index is 0.0916. The molecule has 0 saturated heterocycles. The molecule has 1 aliphatic rings. The van der Waals surface area contributed by atoms with Crippen molar-refractivity contribution in [1.29, 1.82) is 0 Å². The van der Waals surface area contributed by atoms with Crippen molar-refractivity contribution in [1.82, 2.24) is 25.8 Å². The van der Waals surface area contributed by atoms with Crippen molar-refractivity contribution in [2.24, 2.45) is 5.92 Å². The van der Waals surface area contributed by atoms with Gasteiger partial charge in [0.05, 0.1) is 30.2 Å². The minimum atomic E-state index is -2.51. The zero-order valence-corrected chi connectivity index (χ0v) is 23.8. The SMILES string of the molecule is [B]C([B])(O)NC(=O)c1nnc(NC(=O)C2CC2)cc1Nc1cccc(-c2ncc(C(=O)NCc3ccccc3)s2)c1OC. The van der Waals surface area contributed by atoms with E-state index in [2.05, 4.69) is 31.1 Å². The molecule has 2 heterocycles. The van der Waals surface area contributed by atoms with Gasteiger partial charge in [-0.25, -0.2) is 4.98 Å². The lowest BCUT2D eigenvalue weighted by atomic mass is 9.73. The molecule has 0 spiro atoms. The van der Waals surface area contributed by atoms with Crippen LogP contribution in [0.2, 0.25) is 0 Å². The van der Waals surface area contributed by atoms with Gasteiger partial charge in [0.15, 0.2) is 17.3 Å². The van der Waals surface area contributed by atoms with Crippen LogP contribution in [-0.4, -0.2) is 66.3 Å². The number of methoxy groups -OCH3 is 1. The summed E-state index contributed by atoms with van der Waals surface area (Å²) in [5.74, 6) is -1.03. The van der Waals surface area contributed by atoms with E-state index in [0.717, 1.165) is 18.4 Å². The van der Waals surface area contributed by atoms with E-state index in [9.17, 15) is 19.5 Å². The first-order valence-corrected chi connectivity index (χ1v) is 14.0. The molecule has 214 valence electrons. The molecule has 2 aromatic heterocycles. The number of aliphatic hydroxyl groups is 1. The zero-order valence-electron chi connectivity index (χ0n) is 23.0. The third kappa shape index (κ3) is 7.56. The van der Waals surface area contributed by atoms with Crippen LogP contribution in [0.4, 0.5) is 17.2 Å². The summed E-state index contributed by atoms with van der Waals surface area (Å²) in [5, 5.41) is 28.7. The van der Waals surface area contributed by atoms with Gasteiger partial charge >= 0.3 is 0 Å². The Labute approximate surface area is 253 Å². The molecular weight excluding hydrogens is 568 g/mol. The number of benzene rings is 2. The molecule has 1 saturated carbocycles. The number of carbonyl (C=O) groups excluding carboxylic acids is 3. The third-order valence-electron chi connectivity index (χ3n) is 6.27. The summed E-state index contributed by atoms with van der Waals surface area (Å²) in [7, 11) is 12.1. The van der Waals surface area contributed by atoms with Crippen LogP contribution in [0.15, 0.2) is 60.8 Å². The van der Waals surface area contributed by atoms with Gasteiger partial charge in [-0.1, -0.05) is 36.4 Å². The normalized spacial score (nSPS) is 12.7. The van der Waals surface area contributed by atoms with Gasteiger partial charge in [0, 0.05) is 24.1 Å². The molecule has 1 aliphatic carbocycles. The predicted molar refractivity (Wildman–Crippen MR) is 162 cm³/mol. The highest BCUT2D eigenvalue weighted by molar-refractivity contribution is 7.17. The van der Waals surface area contributed by atoms with Crippen molar-refractivity contribution in [2.45, 2.75) is 24.9 Å². The molecule has 0 atom stereocenters. The van der Waals surface area contributed by atoms with E-state index in [1.807, 2.05) is 35.6 Å². The lowest BCUT2D eigenvalue weighted by Crippen LogP contribution is -2.49. The third-order valence-corrected chi connectivity index (χ3v) is 7.30. The maximum Gasteiger partial charge on any atom is 0.274 e.